The van der Waals surface area contributed by atoms with Gasteiger partial charge in [-0.05, 0) is 48.0 Å². The summed E-state index contributed by atoms with van der Waals surface area (Å²) in [7, 11) is 0. The molecule has 0 unspecified atom stereocenters. The average Bonchev–Trinajstić information content (AvgIpc) is 3.57. The van der Waals surface area contributed by atoms with E-state index in [4.69, 9.17) is 9.97 Å². The summed E-state index contributed by atoms with van der Waals surface area (Å²) < 4.78 is 2.37. The predicted molar refractivity (Wildman–Crippen MR) is 188 cm³/mol. The third-order valence-electron chi connectivity index (χ3n) is 9.43. The third-order valence-corrected chi connectivity index (χ3v) is 9.43. The van der Waals surface area contributed by atoms with Crippen molar-refractivity contribution in [3.63, 3.8) is 0 Å². The summed E-state index contributed by atoms with van der Waals surface area (Å²) in [6.07, 6.45) is 1.83. The molecule has 0 radical (unpaired) electrons. The van der Waals surface area contributed by atoms with Gasteiger partial charge in [0.15, 0.2) is 5.82 Å². The number of fused-ring (bicyclic) bond motifs is 6. The van der Waals surface area contributed by atoms with E-state index in [-0.39, 0.29) is 5.41 Å². The van der Waals surface area contributed by atoms with Crippen LogP contribution in [0.15, 0.2) is 146 Å². The first-order valence-electron chi connectivity index (χ1n) is 15.7. The Hall–Kier alpha value is -5.87. The minimum absolute atomic E-state index is 0.265. The monoisotopic (exact) mass is 590 g/mol. The molecule has 4 nitrogen and oxygen atoms in total. The first-order chi connectivity index (χ1) is 22.6. The summed E-state index contributed by atoms with van der Waals surface area (Å²) in [4.78, 5) is 15.3. The second-order valence-corrected chi connectivity index (χ2v) is 12.5. The Morgan fingerprint density at radius 2 is 1.20 bits per heavy atom. The highest BCUT2D eigenvalue weighted by molar-refractivity contribution is 6.09. The van der Waals surface area contributed by atoms with Crippen LogP contribution in [0.5, 0.6) is 0 Å². The molecular formula is C42H30N4. The highest BCUT2D eigenvalue weighted by atomic mass is 15.0. The molecule has 3 aromatic heterocycles. The Bertz CT molecular complexity index is 2400. The van der Waals surface area contributed by atoms with Crippen molar-refractivity contribution in [3.8, 4) is 50.8 Å². The third kappa shape index (κ3) is 3.97. The molecule has 8 aromatic rings. The number of hydrogen-bond donors (Lipinski definition) is 0. The zero-order valence-electron chi connectivity index (χ0n) is 25.6. The number of pyridine rings is 1. The van der Waals surface area contributed by atoms with Gasteiger partial charge >= 0.3 is 0 Å². The molecule has 0 aliphatic heterocycles. The summed E-state index contributed by atoms with van der Waals surface area (Å²) in [6.45, 7) is 4.59. The van der Waals surface area contributed by atoms with E-state index in [1.54, 1.807) is 0 Å². The van der Waals surface area contributed by atoms with Crippen molar-refractivity contribution < 1.29 is 0 Å². The van der Waals surface area contributed by atoms with Crippen LogP contribution >= 0.6 is 0 Å². The minimum atomic E-state index is -0.265. The number of hydrogen-bond acceptors (Lipinski definition) is 3. The Balaban J connectivity index is 1.29. The highest BCUT2D eigenvalue weighted by Crippen LogP contribution is 2.51. The smallest absolute Gasteiger partial charge is 0.160 e. The van der Waals surface area contributed by atoms with Gasteiger partial charge in [0.05, 0.1) is 28.1 Å². The second-order valence-electron chi connectivity index (χ2n) is 12.5. The van der Waals surface area contributed by atoms with Gasteiger partial charge < -0.3 is 4.57 Å². The lowest BCUT2D eigenvalue weighted by molar-refractivity contribution is 0.658. The summed E-state index contributed by atoms with van der Waals surface area (Å²) >= 11 is 0. The van der Waals surface area contributed by atoms with Crippen LogP contribution in [0.3, 0.4) is 0 Å². The second kappa shape index (κ2) is 10.1. The molecule has 0 N–H and O–H groups in total. The fourth-order valence-electron chi connectivity index (χ4n) is 7.30. The zero-order valence-corrected chi connectivity index (χ0v) is 25.6. The van der Waals surface area contributed by atoms with Crippen LogP contribution < -0.4 is 0 Å². The maximum absolute atomic E-state index is 5.40. The fraction of sp³-hybridized carbons (Fsp3) is 0.0714. The Labute approximate surface area is 267 Å². The van der Waals surface area contributed by atoms with Gasteiger partial charge in [-0.2, -0.15) is 0 Å². The van der Waals surface area contributed by atoms with Crippen LogP contribution in [0, 0.1) is 0 Å². The van der Waals surface area contributed by atoms with Gasteiger partial charge in [0, 0.05) is 55.9 Å². The number of aromatic nitrogens is 4. The van der Waals surface area contributed by atoms with E-state index in [0.29, 0.717) is 5.82 Å². The Morgan fingerprint density at radius 1 is 0.543 bits per heavy atom. The summed E-state index contributed by atoms with van der Waals surface area (Å²) in [5.41, 5.74) is 12.8. The lowest BCUT2D eigenvalue weighted by Gasteiger charge is -2.24. The van der Waals surface area contributed by atoms with Crippen LogP contribution in [0.1, 0.15) is 25.0 Å². The first-order valence-corrected chi connectivity index (χ1v) is 15.7. The summed E-state index contributed by atoms with van der Waals surface area (Å²) in [5, 5.41) is 2.50. The zero-order chi connectivity index (χ0) is 30.8. The SMILES string of the molecule is CC1(C)c2ccccc2-c2nc(-c3cccc(-c4ccccn4)c3)nc(-c3cccc(-n4c5ccccc5c5ccccc54)c3)c21. The Morgan fingerprint density at radius 3 is 1.98 bits per heavy atom. The van der Waals surface area contributed by atoms with Gasteiger partial charge in [0.1, 0.15) is 0 Å². The van der Waals surface area contributed by atoms with Gasteiger partial charge in [0.25, 0.3) is 0 Å². The van der Waals surface area contributed by atoms with E-state index >= 15 is 0 Å². The van der Waals surface area contributed by atoms with Crippen molar-refractivity contribution in [3.05, 3.63) is 157 Å². The number of benzene rings is 5. The van der Waals surface area contributed by atoms with Crippen molar-refractivity contribution >= 4 is 21.8 Å². The molecule has 0 fully saturated rings. The minimum Gasteiger partial charge on any atom is -0.309 e. The molecule has 0 saturated heterocycles. The van der Waals surface area contributed by atoms with Gasteiger partial charge in [-0.3, -0.25) is 4.98 Å². The molecule has 0 spiro atoms. The number of rotatable bonds is 4. The highest BCUT2D eigenvalue weighted by Gasteiger charge is 2.40. The van der Waals surface area contributed by atoms with Crippen LogP contribution in [-0.4, -0.2) is 19.5 Å². The van der Waals surface area contributed by atoms with E-state index in [2.05, 4.69) is 145 Å². The van der Waals surface area contributed by atoms with Crippen LogP contribution in [0.2, 0.25) is 0 Å². The van der Waals surface area contributed by atoms with E-state index < -0.39 is 0 Å². The molecule has 218 valence electrons. The number of para-hydroxylation sites is 2. The molecule has 1 aliphatic carbocycles. The summed E-state index contributed by atoms with van der Waals surface area (Å²) in [6, 6.07) is 49.2. The lowest BCUT2D eigenvalue weighted by atomic mass is 9.81. The summed E-state index contributed by atoms with van der Waals surface area (Å²) in [5.74, 6) is 0.710. The molecule has 1 aliphatic rings. The van der Waals surface area contributed by atoms with E-state index in [1.165, 1.54) is 32.9 Å². The number of nitrogens with zero attached hydrogens (tertiary/aromatic N) is 4. The molecule has 0 saturated carbocycles. The maximum atomic E-state index is 5.40. The van der Waals surface area contributed by atoms with Crippen molar-refractivity contribution in [2.45, 2.75) is 19.3 Å². The normalized spacial score (nSPS) is 13.2. The molecule has 46 heavy (non-hydrogen) atoms. The van der Waals surface area contributed by atoms with Crippen LogP contribution in [-0.2, 0) is 5.41 Å². The lowest BCUT2D eigenvalue weighted by Crippen LogP contribution is -2.17. The molecule has 5 aromatic carbocycles. The molecule has 0 bridgehead atoms. The molecule has 3 heterocycles. The largest absolute Gasteiger partial charge is 0.309 e. The first kappa shape index (κ1) is 26.5. The average molecular weight is 591 g/mol. The fourth-order valence-corrected chi connectivity index (χ4v) is 7.30. The molecule has 0 amide bonds. The van der Waals surface area contributed by atoms with Crippen LogP contribution in [0.25, 0.3) is 72.7 Å². The molecule has 9 rings (SSSR count). The van der Waals surface area contributed by atoms with E-state index in [9.17, 15) is 0 Å². The topological polar surface area (TPSA) is 43.6 Å². The molecular weight excluding hydrogens is 560 g/mol. The molecule has 0 atom stereocenters. The van der Waals surface area contributed by atoms with Crippen molar-refractivity contribution in [2.75, 3.05) is 0 Å². The van der Waals surface area contributed by atoms with Gasteiger partial charge in [-0.1, -0.05) is 111 Å². The van der Waals surface area contributed by atoms with Crippen molar-refractivity contribution in [2.24, 2.45) is 0 Å². The van der Waals surface area contributed by atoms with E-state index in [0.717, 1.165) is 45.0 Å². The van der Waals surface area contributed by atoms with Crippen molar-refractivity contribution in [1.29, 1.82) is 0 Å². The maximum Gasteiger partial charge on any atom is 0.160 e. The van der Waals surface area contributed by atoms with Gasteiger partial charge in [-0.15, -0.1) is 0 Å². The van der Waals surface area contributed by atoms with Crippen LogP contribution in [0.4, 0.5) is 0 Å². The molecule has 4 heteroatoms. The standard InChI is InChI=1S/C42H30N4/c1-42(2)34-20-6-3-19-33(34)40-38(42)39(44-41(45-40)29-15-11-13-27(25-29)35-21-9-10-24-43-35)28-14-12-16-30(26-28)46-36-22-7-4-17-31(36)32-18-5-8-23-37(32)46/h3-26H,1-2H3. The quantitative estimate of drug-likeness (QED) is 0.205. The van der Waals surface area contributed by atoms with Gasteiger partial charge in [-0.25, -0.2) is 9.97 Å². The predicted octanol–water partition coefficient (Wildman–Crippen LogP) is 10.3. The Kier molecular flexibility index (Phi) is 5.81. The van der Waals surface area contributed by atoms with E-state index in [1.807, 2.05) is 24.4 Å². The van der Waals surface area contributed by atoms with Crippen molar-refractivity contribution in [1.82, 2.24) is 19.5 Å². The van der Waals surface area contributed by atoms with Gasteiger partial charge in [0.2, 0.25) is 0 Å².